The molecule has 0 unspecified atom stereocenters. The Morgan fingerprint density at radius 1 is 1.17 bits per heavy atom. The molecule has 2 N–H and O–H groups in total. The second-order valence-corrected chi connectivity index (χ2v) is 6.17. The van der Waals surface area contributed by atoms with E-state index in [9.17, 15) is 9.59 Å². The predicted octanol–water partition coefficient (Wildman–Crippen LogP) is 3.00. The van der Waals surface area contributed by atoms with E-state index in [1.165, 1.54) is 19.3 Å². The van der Waals surface area contributed by atoms with E-state index in [-0.39, 0.29) is 25.0 Å². The Labute approximate surface area is 137 Å². The van der Waals surface area contributed by atoms with E-state index < -0.39 is 6.09 Å². The molecular weight excluding hydrogens is 292 g/mol. The zero-order valence-corrected chi connectivity index (χ0v) is 13.7. The molecule has 0 spiro atoms. The highest BCUT2D eigenvalue weighted by Crippen LogP contribution is 2.23. The number of carbonyl (C=O) groups excluding carboxylic acids is 2. The molecule has 1 fully saturated rings. The molecular formula is C18H26N2O3. The molecule has 0 bridgehead atoms. The van der Waals surface area contributed by atoms with Crippen LogP contribution in [0.25, 0.3) is 0 Å². The molecule has 0 aliphatic heterocycles. The number of nitrogens with one attached hydrogen (secondary N) is 2. The molecule has 23 heavy (non-hydrogen) atoms. The lowest BCUT2D eigenvalue weighted by molar-refractivity contribution is -0.122. The third kappa shape index (κ3) is 6.30. The summed E-state index contributed by atoms with van der Waals surface area (Å²) in [5.41, 5.74) is 0.937. The third-order valence-electron chi connectivity index (χ3n) is 4.29. The lowest BCUT2D eigenvalue weighted by Gasteiger charge is -2.29. The van der Waals surface area contributed by atoms with Crippen LogP contribution in [-0.2, 0) is 16.1 Å². The SMILES string of the molecule is C[C@H]1CCCC[C@H]1NC(=O)CCNC(=O)OCc1ccccc1. The van der Waals surface area contributed by atoms with Gasteiger partial charge in [-0.25, -0.2) is 4.79 Å². The number of alkyl carbamates (subject to hydrolysis) is 1. The quantitative estimate of drug-likeness (QED) is 0.847. The second kappa shape index (κ2) is 9.18. The summed E-state index contributed by atoms with van der Waals surface area (Å²) in [6, 6.07) is 9.77. The zero-order valence-electron chi connectivity index (χ0n) is 13.7. The van der Waals surface area contributed by atoms with E-state index in [2.05, 4.69) is 17.6 Å². The highest BCUT2D eigenvalue weighted by Gasteiger charge is 2.22. The van der Waals surface area contributed by atoms with Gasteiger partial charge in [0.25, 0.3) is 0 Å². The highest BCUT2D eigenvalue weighted by atomic mass is 16.5. The van der Waals surface area contributed by atoms with Gasteiger partial charge in [-0.2, -0.15) is 0 Å². The van der Waals surface area contributed by atoms with Gasteiger partial charge in [-0.3, -0.25) is 4.79 Å². The van der Waals surface area contributed by atoms with Crippen LogP contribution in [0, 0.1) is 5.92 Å². The lowest BCUT2D eigenvalue weighted by atomic mass is 9.86. The molecule has 2 rings (SSSR count). The predicted molar refractivity (Wildman–Crippen MR) is 88.8 cm³/mol. The summed E-state index contributed by atoms with van der Waals surface area (Å²) < 4.78 is 5.10. The number of benzene rings is 1. The Morgan fingerprint density at radius 2 is 1.91 bits per heavy atom. The Bertz CT molecular complexity index is 504. The van der Waals surface area contributed by atoms with Crippen molar-refractivity contribution in [1.29, 1.82) is 0 Å². The highest BCUT2D eigenvalue weighted by molar-refractivity contribution is 5.77. The molecule has 1 saturated carbocycles. The smallest absolute Gasteiger partial charge is 0.407 e. The maximum absolute atomic E-state index is 11.9. The maximum Gasteiger partial charge on any atom is 0.407 e. The van der Waals surface area contributed by atoms with Gasteiger partial charge in [0.05, 0.1) is 0 Å². The fourth-order valence-corrected chi connectivity index (χ4v) is 2.86. The zero-order chi connectivity index (χ0) is 16.5. The summed E-state index contributed by atoms with van der Waals surface area (Å²) in [6.45, 7) is 2.71. The molecule has 2 atom stereocenters. The summed E-state index contributed by atoms with van der Waals surface area (Å²) in [6.07, 6.45) is 4.45. The number of carbonyl (C=O) groups is 2. The molecule has 0 aromatic heterocycles. The summed E-state index contributed by atoms with van der Waals surface area (Å²) >= 11 is 0. The van der Waals surface area contributed by atoms with E-state index in [0.29, 0.717) is 12.5 Å². The van der Waals surface area contributed by atoms with Crippen molar-refractivity contribution in [3.63, 3.8) is 0 Å². The Hall–Kier alpha value is -2.04. The molecule has 0 saturated heterocycles. The standard InChI is InChI=1S/C18H26N2O3/c1-14-7-5-6-10-16(14)20-17(21)11-12-19-18(22)23-13-15-8-3-2-4-9-15/h2-4,8-9,14,16H,5-7,10-13H2,1H3,(H,19,22)(H,20,21)/t14-,16+/m0/s1. The van der Waals surface area contributed by atoms with Gasteiger partial charge in [0.15, 0.2) is 0 Å². The lowest BCUT2D eigenvalue weighted by Crippen LogP contribution is -2.42. The number of rotatable bonds is 6. The molecule has 126 valence electrons. The van der Waals surface area contributed by atoms with Gasteiger partial charge in [0.1, 0.15) is 6.61 Å². The van der Waals surface area contributed by atoms with Crippen molar-refractivity contribution in [3.8, 4) is 0 Å². The van der Waals surface area contributed by atoms with Gasteiger partial charge in [0, 0.05) is 19.0 Å². The van der Waals surface area contributed by atoms with Gasteiger partial charge < -0.3 is 15.4 Å². The van der Waals surface area contributed by atoms with Crippen LogP contribution in [0.4, 0.5) is 4.79 Å². The Morgan fingerprint density at radius 3 is 2.65 bits per heavy atom. The van der Waals surface area contributed by atoms with Crippen LogP contribution in [0.3, 0.4) is 0 Å². The minimum Gasteiger partial charge on any atom is -0.445 e. The number of hydrogen-bond donors (Lipinski definition) is 2. The van der Waals surface area contributed by atoms with Gasteiger partial charge in [-0.05, 0) is 24.3 Å². The van der Waals surface area contributed by atoms with Crippen molar-refractivity contribution in [2.75, 3.05) is 6.54 Å². The molecule has 1 aliphatic rings. The molecule has 1 aromatic carbocycles. The average Bonchev–Trinajstić information content (AvgIpc) is 2.56. The number of amides is 2. The minimum atomic E-state index is -0.493. The van der Waals surface area contributed by atoms with Crippen molar-refractivity contribution < 1.29 is 14.3 Å². The first-order valence-electron chi connectivity index (χ1n) is 8.39. The summed E-state index contributed by atoms with van der Waals surface area (Å²) in [5.74, 6) is 0.531. The van der Waals surface area contributed by atoms with E-state index in [1.807, 2.05) is 30.3 Å². The van der Waals surface area contributed by atoms with E-state index in [1.54, 1.807) is 0 Å². The van der Waals surface area contributed by atoms with Crippen LogP contribution in [0.5, 0.6) is 0 Å². The van der Waals surface area contributed by atoms with Crippen molar-refractivity contribution in [2.24, 2.45) is 5.92 Å². The van der Waals surface area contributed by atoms with Crippen LogP contribution in [0.15, 0.2) is 30.3 Å². The monoisotopic (exact) mass is 318 g/mol. The van der Waals surface area contributed by atoms with Gasteiger partial charge in [-0.1, -0.05) is 50.1 Å². The number of hydrogen-bond acceptors (Lipinski definition) is 3. The summed E-state index contributed by atoms with van der Waals surface area (Å²) in [5, 5.41) is 5.68. The number of ether oxygens (including phenoxy) is 1. The van der Waals surface area contributed by atoms with E-state index in [0.717, 1.165) is 12.0 Å². The molecule has 5 nitrogen and oxygen atoms in total. The first-order chi connectivity index (χ1) is 11.1. The fourth-order valence-electron chi connectivity index (χ4n) is 2.86. The molecule has 0 heterocycles. The maximum atomic E-state index is 11.9. The Balaban J connectivity index is 1.58. The van der Waals surface area contributed by atoms with Crippen molar-refractivity contribution in [3.05, 3.63) is 35.9 Å². The van der Waals surface area contributed by atoms with Crippen LogP contribution >= 0.6 is 0 Å². The fraction of sp³-hybridized carbons (Fsp3) is 0.556. The largest absolute Gasteiger partial charge is 0.445 e. The van der Waals surface area contributed by atoms with Crippen molar-refractivity contribution in [2.45, 2.75) is 51.7 Å². The van der Waals surface area contributed by atoms with Crippen LogP contribution in [-0.4, -0.2) is 24.6 Å². The van der Waals surface area contributed by atoms with Gasteiger partial charge in [-0.15, -0.1) is 0 Å². The Kier molecular flexibility index (Phi) is 6.91. The van der Waals surface area contributed by atoms with Crippen LogP contribution in [0.1, 0.15) is 44.6 Å². The van der Waals surface area contributed by atoms with Gasteiger partial charge >= 0.3 is 6.09 Å². The molecule has 5 heteroatoms. The van der Waals surface area contributed by atoms with Crippen LogP contribution < -0.4 is 10.6 Å². The molecule has 1 aliphatic carbocycles. The third-order valence-corrected chi connectivity index (χ3v) is 4.29. The van der Waals surface area contributed by atoms with Crippen molar-refractivity contribution >= 4 is 12.0 Å². The second-order valence-electron chi connectivity index (χ2n) is 6.17. The summed E-state index contributed by atoms with van der Waals surface area (Å²) in [7, 11) is 0. The molecule has 2 amide bonds. The van der Waals surface area contributed by atoms with E-state index in [4.69, 9.17) is 4.74 Å². The summed E-state index contributed by atoms with van der Waals surface area (Å²) in [4.78, 5) is 23.5. The first-order valence-corrected chi connectivity index (χ1v) is 8.39. The normalized spacial score (nSPS) is 20.6. The average molecular weight is 318 g/mol. The molecule has 0 radical (unpaired) electrons. The van der Waals surface area contributed by atoms with Crippen LogP contribution in [0.2, 0.25) is 0 Å². The minimum absolute atomic E-state index is 0.00731. The first kappa shape index (κ1) is 17.3. The molecule has 1 aromatic rings. The van der Waals surface area contributed by atoms with Crippen molar-refractivity contribution in [1.82, 2.24) is 10.6 Å². The van der Waals surface area contributed by atoms with Gasteiger partial charge in [0.2, 0.25) is 5.91 Å². The van der Waals surface area contributed by atoms with E-state index >= 15 is 0 Å². The topological polar surface area (TPSA) is 67.4 Å².